The van der Waals surface area contributed by atoms with Gasteiger partial charge in [-0.15, -0.1) is 0 Å². The molecule has 0 saturated heterocycles. The number of hydrogen-bond acceptors (Lipinski definition) is 3. The summed E-state index contributed by atoms with van der Waals surface area (Å²) in [4.78, 5) is 0. The van der Waals surface area contributed by atoms with Crippen LogP contribution >= 0.6 is 0 Å². The third-order valence-electron chi connectivity index (χ3n) is 3.67. The third kappa shape index (κ3) is 46.0. The van der Waals surface area contributed by atoms with Gasteiger partial charge in [0, 0.05) is 6.61 Å². The van der Waals surface area contributed by atoms with Gasteiger partial charge >= 0.3 is 59.1 Å². The monoisotopic (exact) mass is 398 g/mol. The van der Waals surface area contributed by atoms with E-state index >= 15 is 0 Å². The topological polar surface area (TPSA) is 74.6 Å². The van der Waals surface area contributed by atoms with Gasteiger partial charge in [0.25, 0.3) is 11.0 Å². The van der Waals surface area contributed by atoms with Crippen molar-refractivity contribution in [2.75, 3.05) is 6.61 Å². The van der Waals surface area contributed by atoms with Crippen molar-refractivity contribution >= 4 is 70.1 Å². The molecule has 2 N–H and O–H groups in total. The SMILES string of the molecule is CCCCCCCC/C=C\CCCCCCCCO.O=[SH](=O)O.[NaH].[NaH]. The van der Waals surface area contributed by atoms with Gasteiger partial charge in [-0.1, -0.05) is 76.9 Å². The minimum atomic E-state index is -3.12. The molecule has 4 nitrogen and oxygen atoms in total. The third-order valence-corrected chi connectivity index (χ3v) is 3.67. The Morgan fingerprint density at radius 3 is 1.36 bits per heavy atom. The molecular formula is C18H40Na2O4S. The van der Waals surface area contributed by atoms with Crippen molar-refractivity contribution in [3.63, 3.8) is 0 Å². The second kappa shape index (κ2) is 33.2. The Kier molecular flexibility index (Phi) is 45.4. The van der Waals surface area contributed by atoms with Crippen molar-refractivity contribution in [1.29, 1.82) is 0 Å². The molecule has 0 atom stereocenters. The van der Waals surface area contributed by atoms with Crippen LogP contribution in [0, 0.1) is 0 Å². The van der Waals surface area contributed by atoms with Crippen LogP contribution in [0.2, 0.25) is 0 Å². The number of allylic oxidation sites excluding steroid dienone is 2. The number of rotatable bonds is 15. The maximum atomic E-state index is 8.66. The molecule has 7 heteroatoms. The van der Waals surface area contributed by atoms with E-state index in [9.17, 15) is 0 Å². The first-order valence-corrected chi connectivity index (χ1v) is 10.4. The summed E-state index contributed by atoms with van der Waals surface area (Å²) in [5.74, 6) is 0. The van der Waals surface area contributed by atoms with Gasteiger partial charge in [0.15, 0.2) is 0 Å². The molecule has 0 bridgehead atoms. The van der Waals surface area contributed by atoms with Crippen LogP contribution in [0.4, 0.5) is 0 Å². The van der Waals surface area contributed by atoms with Crippen LogP contribution in [-0.4, -0.2) is 83.8 Å². The van der Waals surface area contributed by atoms with Gasteiger partial charge in [0.05, 0.1) is 0 Å². The van der Waals surface area contributed by atoms with E-state index in [0.717, 1.165) is 6.42 Å². The van der Waals surface area contributed by atoms with Crippen molar-refractivity contribution in [2.45, 2.75) is 96.8 Å². The van der Waals surface area contributed by atoms with Crippen LogP contribution < -0.4 is 0 Å². The predicted octanol–water partition coefficient (Wildman–Crippen LogP) is 3.79. The van der Waals surface area contributed by atoms with Crippen LogP contribution in [0.1, 0.15) is 96.8 Å². The average molecular weight is 399 g/mol. The summed E-state index contributed by atoms with van der Waals surface area (Å²) in [5.41, 5.74) is 0. The number of unbranched alkanes of at least 4 members (excludes halogenated alkanes) is 12. The zero-order chi connectivity index (χ0) is 17.6. The molecule has 0 amide bonds. The first-order valence-electron chi connectivity index (χ1n) is 9.24. The van der Waals surface area contributed by atoms with E-state index in [1.54, 1.807) is 0 Å². The molecule has 0 fully saturated rings. The van der Waals surface area contributed by atoms with E-state index in [1.165, 1.54) is 83.5 Å². The summed E-state index contributed by atoms with van der Waals surface area (Å²) in [6, 6.07) is 0. The Hall–Kier alpha value is 1.61. The normalized spacial score (nSPS) is 10.1. The van der Waals surface area contributed by atoms with E-state index in [2.05, 4.69) is 19.1 Å². The Morgan fingerprint density at radius 1 is 0.680 bits per heavy atom. The second-order valence-corrected chi connectivity index (χ2v) is 6.37. The molecule has 0 heterocycles. The van der Waals surface area contributed by atoms with Gasteiger partial charge < -0.3 is 5.11 Å². The predicted molar refractivity (Wildman–Crippen MR) is 114 cm³/mol. The van der Waals surface area contributed by atoms with Gasteiger partial charge in [0.1, 0.15) is 0 Å². The van der Waals surface area contributed by atoms with Crippen LogP contribution in [0.3, 0.4) is 0 Å². The Morgan fingerprint density at radius 2 is 1.00 bits per heavy atom. The summed E-state index contributed by atoms with van der Waals surface area (Å²) >= 11 is 0. The molecule has 0 aromatic rings. The summed E-state index contributed by atoms with van der Waals surface area (Å²) in [6.07, 6.45) is 23.2. The standard InChI is InChI=1S/C18H36O.2Na.H2O3S.2H/c1-2-3-4-5-6-7-8-9-10-11-12-13-14-15-16-17-18-19;;;1-4(2)3;;/h9-10,19H,2-8,11-18H2,1H3;;;4H,(H,1,2,3);;/b10-9-;;;;;. The van der Waals surface area contributed by atoms with E-state index < -0.39 is 11.0 Å². The molecular weight excluding hydrogens is 358 g/mol. The Balaban J connectivity index is -0.000000330. The summed E-state index contributed by atoms with van der Waals surface area (Å²) in [6.45, 7) is 2.64. The zero-order valence-corrected chi connectivity index (χ0v) is 15.8. The molecule has 0 spiro atoms. The molecule has 0 unspecified atom stereocenters. The molecule has 0 aliphatic rings. The average Bonchev–Trinajstić information content (AvgIpc) is 2.50. The molecule has 0 rings (SSSR count). The summed E-state index contributed by atoms with van der Waals surface area (Å²) in [5, 5.41) is 8.66. The maximum absolute atomic E-state index is 8.66. The van der Waals surface area contributed by atoms with Crippen molar-refractivity contribution in [2.24, 2.45) is 0 Å². The molecule has 144 valence electrons. The number of aliphatic hydroxyl groups excluding tert-OH is 1. The molecule has 0 aromatic heterocycles. The van der Waals surface area contributed by atoms with Crippen LogP contribution in [0.15, 0.2) is 12.2 Å². The van der Waals surface area contributed by atoms with Gasteiger partial charge in [-0.25, -0.2) is 8.42 Å². The fourth-order valence-corrected chi connectivity index (χ4v) is 2.36. The number of thiol groups is 1. The Labute approximate surface area is 202 Å². The van der Waals surface area contributed by atoms with E-state index in [4.69, 9.17) is 18.1 Å². The van der Waals surface area contributed by atoms with Crippen LogP contribution in [0.25, 0.3) is 0 Å². The van der Waals surface area contributed by atoms with Crippen molar-refractivity contribution < 1.29 is 18.1 Å². The van der Waals surface area contributed by atoms with Crippen LogP contribution in [0.5, 0.6) is 0 Å². The summed E-state index contributed by atoms with van der Waals surface area (Å²) < 4.78 is 24.2. The van der Waals surface area contributed by atoms with Crippen molar-refractivity contribution in [1.82, 2.24) is 0 Å². The van der Waals surface area contributed by atoms with E-state index in [1.807, 2.05) is 0 Å². The van der Waals surface area contributed by atoms with E-state index in [-0.39, 0.29) is 59.1 Å². The first-order chi connectivity index (χ1) is 11.1. The quantitative estimate of drug-likeness (QED) is 0.129. The van der Waals surface area contributed by atoms with Gasteiger partial charge in [-0.3, -0.25) is 4.55 Å². The number of hydrogen-bond donors (Lipinski definition) is 3. The molecule has 0 aliphatic heterocycles. The molecule has 0 saturated carbocycles. The first kappa shape index (κ1) is 34.1. The summed E-state index contributed by atoms with van der Waals surface area (Å²) in [7, 11) is -3.12. The molecule has 25 heavy (non-hydrogen) atoms. The molecule has 0 aliphatic carbocycles. The fraction of sp³-hybridized carbons (Fsp3) is 0.889. The molecule has 0 radical (unpaired) electrons. The fourth-order valence-electron chi connectivity index (χ4n) is 2.36. The van der Waals surface area contributed by atoms with E-state index in [0.29, 0.717) is 6.61 Å². The number of aliphatic hydroxyl groups is 1. The van der Waals surface area contributed by atoms with Gasteiger partial charge in [-0.2, -0.15) is 0 Å². The minimum absolute atomic E-state index is 0. The molecule has 0 aromatic carbocycles. The zero-order valence-electron chi connectivity index (χ0n) is 14.9. The Bertz CT molecular complexity index is 303. The van der Waals surface area contributed by atoms with Crippen molar-refractivity contribution in [3.05, 3.63) is 12.2 Å². The van der Waals surface area contributed by atoms with Crippen LogP contribution in [-0.2, 0) is 11.0 Å². The van der Waals surface area contributed by atoms with Crippen molar-refractivity contribution in [3.8, 4) is 0 Å². The van der Waals surface area contributed by atoms with Gasteiger partial charge in [-0.05, 0) is 32.1 Å². The second-order valence-electron chi connectivity index (χ2n) is 5.90. The van der Waals surface area contributed by atoms with Gasteiger partial charge in [0.2, 0.25) is 0 Å².